The van der Waals surface area contributed by atoms with Gasteiger partial charge in [0.2, 0.25) is 0 Å². The molecule has 0 aliphatic heterocycles. The molecule has 34 heavy (non-hydrogen) atoms. The van der Waals surface area contributed by atoms with Gasteiger partial charge in [0, 0.05) is 26.2 Å². The number of carbonyl (C=O) groups is 1. The first-order valence-electron chi connectivity index (χ1n) is 10.4. The Morgan fingerprint density at radius 1 is 1.21 bits per heavy atom. The zero-order valence-electron chi connectivity index (χ0n) is 18.5. The fraction of sp³-hybridized carbons (Fsp3) is 0.381. The highest BCUT2D eigenvalue weighted by molar-refractivity contribution is 7.91. The summed E-state index contributed by atoms with van der Waals surface area (Å²) in [5.74, 6) is -0.669. The van der Waals surface area contributed by atoms with Crippen LogP contribution in [0.3, 0.4) is 0 Å². The molecule has 0 saturated heterocycles. The number of carbonyl (C=O) groups excluding carboxylic acids is 1. The van der Waals surface area contributed by atoms with Gasteiger partial charge in [-0.1, -0.05) is 6.92 Å². The number of sulfone groups is 1. The lowest BCUT2D eigenvalue weighted by Crippen LogP contribution is -2.22. The number of nitrogens with one attached hydrogen (secondary N) is 1. The zero-order valence-corrected chi connectivity index (χ0v) is 19.3. The van der Waals surface area contributed by atoms with Crippen molar-refractivity contribution in [3.8, 4) is 23.0 Å². The first-order valence-corrected chi connectivity index (χ1v) is 12.1. The minimum Gasteiger partial charge on any atom is -0.355 e. The molecule has 0 unspecified atom stereocenters. The Bertz CT molecular complexity index is 1380. The molecule has 13 heteroatoms. The lowest BCUT2D eigenvalue weighted by atomic mass is 10.1. The summed E-state index contributed by atoms with van der Waals surface area (Å²) < 4.78 is 66.7. The average Bonchev–Trinajstić information content (AvgIpc) is 3.59. The highest BCUT2D eigenvalue weighted by Crippen LogP contribution is 2.43. The summed E-state index contributed by atoms with van der Waals surface area (Å²) in [7, 11) is -0.921. The van der Waals surface area contributed by atoms with E-state index in [-0.39, 0.29) is 45.2 Å². The van der Waals surface area contributed by atoms with Crippen molar-refractivity contribution in [2.24, 2.45) is 7.05 Å². The molecule has 180 valence electrons. The van der Waals surface area contributed by atoms with E-state index in [1.165, 1.54) is 31.7 Å². The van der Waals surface area contributed by atoms with Gasteiger partial charge in [0.15, 0.2) is 21.5 Å². The van der Waals surface area contributed by atoms with E-state index >= 15 is 0 Å². The van der Waals surface area contributed by atoms with Crippen LogP contribution in [0.15, 0.2) is 29.3 Å². The lowest BCUT2D eigenvalue weighted by Gasteiger charge is -2.14. The Hall–Kier alpha value is -3.35. The fourth-order valence-corrected chi connectivity index (χ4v) is 4.57. The van der Waals surface area contributed by atoms with Gasteiger partial charge < -0.3 is 9.88 Å². The average molecular weight is 494 g/mol. The van der Waals surface area contributed by atoms with E-state index in [9.17, 15) is 26.4 Å². The molecule has 0 bridgehead atoms. The number of hydrogen-bond acceptors (Lipinski definition) is 7. The molecule has 4 rings (SSSR count). The van der Waals surface area contributed by atoms with E-state index in [1.807, 2.05) is 0 Å². The second-order valence-electron chi connectivity index (χ2n) is 7.86. The monoisotopic (exact) mass is 494 g/mol. The molecule has 1 aliphatic rings. The molecule has 0 radical (unpaired) electrons. The summed E-state index contributed by atoms with van der Waals surface area (Å²) in [6.45, 7) is 1.46. The van der Waals surface area contributed by atoms with Crippen LogP contribution in [0.25, 0.3) is 23.0 Å². The van der Waals surface area contributed by atoms with Crippen molar-refractivity contribution in [3.05, 3.63) is 41.2 Å². The number of nitrogens with zero attached hydrogens (tertiary/aromatic N) is 5. The van der Waals surface area contributed by atoms with Gasteiger partial charge in [0.05, 0.1) is 27.5 Å². The number of amides is 1. The third kappa shape index (κ3) is 4.27. The van der Waals surface area contributed by atoms with Gasteiger partial charge in [-0.25, -0.2) is 13.4 Å². The maximum atomic E-state index is 13.2. The number of rotatable bonds is 6. The summed E-state index contributed by atoms with van der Waals surface area (Å²) in [5, 5.41) is 10.5. The van der Waals surface area contributed by atoms with E-state index in [0.717, 1.165) is 31.2 Å². The topological polar surface area (TPSA) is 120 Å². The molecular weight excluding hydrogens is 473 g/mol. The van der Waals surface area contributed by atoms with Crippen LogP contribution >= 0.6 is 0 Å². The van der Waals surface area contributed by atoms with Gasteiger partial charge in [0.25, 0.3) is 5.91 Å². The van der Waals surface area contributed by atoms with Crippen molar-refractivity contribution in [3.63, 3.8) is 0 Å². The van der Waals surface area contributed by atoms with Crippen molar-refractivity contribution < 1.29 is 26.4 Å². The van der Waals surface area contributed by atoms with Crippen LogP contribution in [0.2, 0.25) is 0 Å². The van der Waals surface area contributed by atoms with Crippen molar-refractivity contribution >= 4 is 15.7 Å². The molecule has 0 spiro atoms. The van der Waals surface area contributed by atoms with Gasteiger partial charge in [-0.3, -0.25) is 9.78 Å². The van der Waals surface area contributed by atoms with Crippen LogP contribution in [0.4, 0.5) is 13.2 Å². The summed E-state index contributed by atoms with van der Waals surface area (Å²) >= 11 is 0. The molecule has 0 atom stereocenters. The van der Waals surface area contributed by atoms with E-state index in [4.69, 9.17) is 0 Å². The SMILES string of the molecule is CCS(=O)(=O)c1cc(C(=O)NC)c(C2CC2)nc1-c1nnc(-c2cc(C(F)(F)F)ccn2)n1C. The molecule has 1 fully saturated rings. The van der Waals surface area contributed by atoms with Gasteiger partial charge in [-0.2, -0.15) is 13.2 Å². The fourth-order valence-electron chi connectivity index (χ4n) is 3.53. The van der Waals surface area contributed by atoms with Gasteiger partial charge in [0.1, 0.15) is 11.4 Å². The van der Waals surface area contributed by atoms with Crippen molar-refractivity contribution in [1.29, 1.82) is 0 Å². The van der Waals surface area contributed by atoms with Crippen LogP contribution in [-0.2, 0) is 23.1 Å². The zero-order chi connectivity index (χ0) is 24.8. The third-order valence-electron chi connectivity index (χ3n) is 5.57. The van der Waals surface area contributed by atoms with Gasteiger partial charge >= 0.3 is 6.18 Å². The smallest absolute Gasteiger partial charge is 0.355 e. The Morgan fingerprint density at radius 2 is 1.88 bits per heavy atom. The Morgan fingerprint density at radius 3 is 2.47 bits per heavy atom. The van der Waals surface area contributed by atoms with Crippen LogP contribution in [0.1, 0.15) is 47.3 Å². The standard InChI is InChI=1S/C21H21F3N6O3S/c1-4-34(32,33)15-10-13(20(31)25-2)16(11-5-6-11)27-17(15)19-29-28-18(30(19)3)14-9-12(7-8-26-14)21(22,23)24/h7-11H,4-6H2,1-3H3,(H,25,31). The first kappa shape index (κ1) is 23.8. The minimum atomic E-state index is -4.57. The maximum absolute atomic E-state index is 13.2. The number of hydrogen-bond donors (Lipinski definition) is 1. The predicted molar refractivity (Wildman–Crippen MR) is 116 cm³/mol. The summed E-state index contributed by atoms with van der Waals surface area (Å²) in [5.41, 5.74) is -0.376. The van der Waals surface area contributed by atoms with Crippen molar-refractivity contribution in [2.45, 2.75) is 36.8 Å². The summed E-state index contributed by atoms with van der Waals surface area (Å²) in [6, 6.07) is 2.98. The predicted octanol–water partition coefficient (Wildman–Crippen LogP) is 2.99. The molecule has 3 aromatic rings. The quantitative estimate of drug-likeness (QED) is 0.559. The Balaban J connectivity index is 1.93. The second kappa shape index (κ2) is 8.46. The van der Waals surface area contributed by atoms with Crippen LogP contribution < -0.4 is 5.32 Å². The normalized spacial score (nSPS) is 14.3. The minimum absolute atomic E-state index is 0.00209. The maximum Gasteiger partial charge on any atom is 0.416 e. The van der Waals surface area contributed by atoms with Crippen LogP contribution in [0, 0.1) is 0 Å². The molecule has 9 nitrogen and oxygen atoms in total. The number of pyridine rings is 2. The van der Waals surface area contributed by atoms with E-state index in [0.29, 0.717) is 5.69 Å². The highest BCUT2D eigenvalue weighted by Gasteiger charge is 2.35. The molecule has 1 amide bonds. The Kier molecular flexibility index (Phi) is 5.92. The van der Waals surface area contributed by atoms with Crippen molar-refractivity contribution in [2.75, 3.05) is 12.8 Å². The van der Waals surface area contributed by atoms with Crippen molar-refractivity contribution in [1.82, 2.24) is 30.0 Å². The lowest BCUT2D eigenvalue weighted by molar-refractivity contribution is -0.137. The molecule has 1 saturated carbocycles. The number of halogens is 3. The second-order valence-corrected chi connectivity index (χ2v) is 10.1. The number of aromatic nitrogens is 5. The largest absolute Gasteiger partial charge is 0.416 e. The third-order valence-corrected chi connectivity index (χ3v) is 7.31. The highest BCUT2D eigenvalue weighted by atomic mass is 32.2. The van der Waals surface area contributed by atoms with Crippen LogP contribution in [-0.4, -0.2) is 51.9 Å². The summed E-state index contributed by atoms with van der Waals surface area (Å²) in [4.78, 5) is 20.8. The molecule has 1 aliphatic carbocycles. The van der Waals surface area contributed by atoms with Crippen LogP contribution in [0.5, 0.6) is 0 Å². The first-order chi connectivity index (χ1) is 16.0. The molecular formula is C21H21F3N6O3S. The van der Waals surface area contributed by atoms with Gasteiger partial charge in [-0.15, -0.1) is 10.2 Å². The number of alkyl halides is 3. The molecule has 1 N–H and O–H groups in total. The molecule has 3 aromatic heterocycles. The summed E-state index contributed by atoms with van der Waals surface area (Å²) in [6.07, 6.45) is -1.96. The van der Waals surface area contributed by atoms with E-state index < -0.39 is 27.5 Å². The molecule has 3 heterocycles. The Labute approximate surface area is 193 Å². The van der Waals surface area contributed by atoms with E-state index in [1.54, 1.807) is 0 Å². The molecule has 0 aromatic carbocycles. The van der Waals surface area contributed by atoms with E-state index in [2.05, 4.69) is 25.5 Å². The van der Waals surface area contributed by atoms with Gasteiger partial charge in [-0.05, 0) is 31.0 Å².